The molecule has 1 saturated carbocycles. The Balaban J connectivity index is 2.78. The second-order valence-electron chi connectivity index (χ2n) is 4.38. The van der Waals surface area contributed by atoms with Crippen molar-refractivity contribution in [2.45, 2.75) is 45.1 Å². The van der Waals surface area contributed by atoms with Crippen molar-refractivity contribution < 1.29 is 8.42 Å². The van der Waals surface area contributed by atoms with Gasteiger partial charge < -0.3 is 5.73 Å². The van der Waals surface area contributed by atoms with Gasteiger partial charge in [0.2, 0.25) is 0 Å². The first-order valence-corrected chi connectivity index (χ1v) is 7.43. The lowest BCUT2D eigenvalue weighted by Crippen LogP contribution is -2.55. The van der Waals surface area contributed by atoms with Crippen molar-refractivity contribution in [2.75, 3.05) is 19.6 Å². The molecule has 5 nitrogen and oxygen atoms in total. The third-order valence-electron chi connectivity index (χ3n) is 3.34. The van der Waals surface area contributed by atoms with Crippen molar-refractivity contribution in [3.63, 3.8) is 0 Å². The Morgan fingerprint density at radius 2 is 1.75 bits per heavy atom. The molecule has 0 bridgehead atoms. The summed E-state index contributed by atoms with van der Waals surface area (Å²) in [5.74, 6) is 0. The van der Waals surface area contributed by atoms with E-state index < -0.39 is 15.7 Å². The number of nitrogens with two attached hydrogens (primary N) is 1. The van der Waals surface area contributed by atoms with Crippen molar-refractivity contribution in [2.24, 2.45) is 5.73 Å². The van der Waals surface area contributed by atoms with Gasteiger partial charge in [-0.1, -0.05) is 26.7 Å². The van der Waals surface area contributed by atoms with E-state index in [1.807, 2.05) is 13.8 Å². The molecule has 0 heterocycles. The highest BCUT2D eigenvalue weighted by Crippen LogP contribution is 2.29. The van der Waals surface area contributed by atoms with Gasteiger partial charge in [0, 0.05) is 25.2 Å². The van der Waals surface area contributed by atoms with Gasteiger partial charge in [0.1, 0.15) is 0 Å². The average molecular weight is 249 g/mol. The summed E-state index contributed by atoms with van der Waals surface area (Å²) in [5.41, 5.74) is 5.31. The Labute approximate surface area is 98.6 Å². The van der Waals surface area contributed by atoms with E-state index in [-0.39, 0.29) is 0 Å². The van der Waals surface area contributed by atoms with Crippen LogP contribution in [0, 0.1) is 0 Å². The first-order chi connectivity index (χ1) is 7.49. The second-order valence-corrected chi connectivity index (χ2v) is 6.05. The Hall–Kier alpha value is -0.170. The lowest BCUT2D eigenvalue weighted by Gasteiger charge is -2.31. The molecule has 0 unspecified atom stereocenters. The maximum atomic E-state index is 12.1. The monoisotopic (exact) mass is 249 g/mol. The highest BCUT2D eigenvalue weighted by Gasteiger charge is 2.37. The van der Waals surface area contributed by atoms with Crippen LogP contribution in [0.25, 0.3) is 0 Å². The summed E-state index contributed by atoms with van der Waals surface area (Å²) in [4.78, 5) is 0. The lowest BCUT2D eigenvalue weighted by atomic mass is 10.0. The molecule has 0 spiro atoms. The van der Waals surface area contributed by atoms with Gasteiger partial charge >= 0.3 is 0 Å². The Morgan fingerprint density at radius 1 is 1.25 bits per heavy atom. The molecule has 0 radical (unpaired) electrons. The van der Waals surface area contributed by atoms with Crippen molar-refractivity contribution in [1.29, 1.82) is 0 Å². The van der Waals surface area contributed by atoms with Gasteiger partial charge in [0.15, 0.2) is 0 Å². The molecule has 0 saturated heterocycles. The van der Waals surface area contributed by atoms with Gasteiger partial charge in [-0.15, -0.1) is 0 Å². The van der Waals surface area contributed by atoms with Crippen LogP contribution >= 0.6 is 0 Å². The molecule has 3 N–H and O–H groups in total. The molecule has 0 aromatic rings. The van der Waals surface area contributed by atoms with Crippen molar-refractivity contribution >= 4 is 10.2 Å². The Morgan fingerprint density at radius 3 is 2.12 bits per heavy atom. The van der Waals surface area contributed by atoms with Crippen LogP contribution < -0.4 is 10.5 Å². The fraction of sp³-hybridized carbons (Fsp3) is 1.00. The van der Waals surface area contributed by atoms with Gasteiger partial charge in [-0.3, -0.25) is 0 Å². The van der Waals surface area contributed by atoms with Gasteiger partial charge in [0.25, 0.3) is 10.2 Å². The van der Waals surface area contributed by atoms with Gasteiger partial charge in [-0.2, -0.15) is 17.4 Å². The molecule has 16 heavy (non-hydrogen) atoms. The molecular weight excluding hydrogens is 226 g/mol. The maximum Gasteiger partial charge on any atom is 0.279 e. The lowest BCUT2D eigenvalue weighted by molar-refractivity contribution is 0.366. The minimum atomic E-state index is -3.37. The molecule has 0 atom stereocenters. The molecular formula is C10H23N3O2S. The van der Waals surface area contributed by atoms with E-state index in [0.717, 1.165) is 25.7 Å². The summed E-state index contributed by atoms with van der Waals surface area (Å²) in [7, 11) is -3.37. The predicted octanol–water partition coefficient (Wildman–Crippen LogP) is 0.434. The zero-order valence-electron chi connectivity index (χ0n) is 10.2. The fourth-order valence-electron chi connectivity index (χ4n) is 2.30. The number of hydrogen-bond donors (Lipinski definition) is 2. The Bertz CT molecular complexity index is 306. The normalized spacial score (nSPS) is 20.5. The van der Waals surface area contributed by atoms with E-state index in [2.05, 4.69) is 4.72 Å². The van der Waals surface area contributed by atoms with Gasteiger partial charge in [-0.25, -0.2) is 0 Å². The van der Waals surface area contributed by atoms with E-state index in [1.165, 1.54) is 4.31 Å². The van der Waals surface area contributed by atoms with Crippen molar-refractivity contribution in [3.8, 4) is 0 Å². The van der Waals surface area contributed by atoms with Crippen LogP contribution in [0.5, 0.6) is 0 Å². The van der Waals surface area contributed by atoms with Crippen LogP contribution in [0.4, 0.5) is 0 Å². The SMILES string of the molecule is CCN(CC)S(=O)(=O)NC1(CN)CCCC1. The molecule has 1 aliphatic rings. The van der Waals surface area contributed by atoms with Crippen LogP contribution in [-0.4, -0.2) is 37.9 Å². The zero-order valence-corrected chi connectivity index (χ0v) is 11.0. The van der Waals surface area contributed by atoms with E-state index in [4.69, 9.17) is 5.73 Å². The summed E-state index contributed by atoms with van der Waals surface area (Å²) < 4.78 is 28.4. The van der Waals surface area contributed by atoms with Crippen LogP contribution in [0.3, 0.4) is 0 Å². The predicted molar refractivity (Wildman–Crippen MR) is 65.2 cm³/mol. The number of nitrogens with one attached hydrogen (secondary N) is 1. The number of hydrogen-bond acceptors (Lipinski definition) is 3. The third kappa shape index (κ3) is 2.94. The average Bonchev–Trinajstić information content (AvgIpc) is 2.67. The fourth-order valence-corrected chi connectivity index (χ4v) is 3.94. The molecule has 1 aliphatic carbocycles. The smallest absolute Gasteiger partial charge is 0.279 e. The first-order valence-electron chi connectivity index (χ1n) is 5.99. The number of rotatable bonds is 6. The molecule has 0 aromatic carbocycles. The van der Waals surface area contributed by atoms with Crippen molar-refractivity contribution in [3.05, 3.63) is 0 Å². The summed E-state index contributed by atoms with van der Waals surface area (Å²) in [6.45, 7) is 5.05. The molecule has 6 heteroatoms. The summed E-state index contributed by atoms with van der Waals surface area (Å²) in [5, 5.41) is 0. The van der Waals surface area contributed by atoms with Gasteiger partial charge in [0.05, 0.1) is 0 Å². The second kappa shape index (κ2) is 5.44. The molecule has 1 rings (SSSR count). The van der Waals surface area contributed by atoms with Gasteiger partial charge in [-0.05, 0) is 12.8 Å². The maximum absolute atomic E-state index is 12.1. The minimum Gasteiger partial charge on any atom is -0.329 e. The first kappa shape index (κ1) is 13.9. The van der Waals surface area contributed by atoms with E-state index in [0.29, 0.717) is 19.6 Å². The third-order valence-corrected chi connectivity index (χ3v) is 5.23. The van der Waals surface area contributed by atoms with Crippen molar-refractivity contribution in [1.82, 2.24) is 9.03 Å². The Kier molecular flexibility index (Phi) is 4.73. The van der Waals surface area contributed by atoms with Crippen LogP contribution in [0.15, 0.2) is 0 Å². The van der Waals surface area contributed by atoms with Crippen LogP contribution in [0.1, 0.15) is 39.5 Å². The molecule has 0 aromatic heterocycles. The highest BCUT2D eigenvalue weighted by atomic mass is 32.2. The molecule has 0 aliphatic heterocycles. The highest BCUT2D eigenvalue weighted by molar-refractivity contribution is 7.87. The van der Waals surface area contributed by atoms with Crippen LogP contribution in [0.2, 0.25) is 0 Å². The van der Waals surface area contributed by atoms with Crippen LogP contribution in [-0.2, 0) is 10.2 Å². The summed E-state index contributed by atoms with van der Waals surface area (Å²) in [6.07, 6.45) is 3.81. The number of nitrogens with zero attached hydrogens (tertiary/aromatic N) is 1. The quantitative estimate of drug-likeness (QED) is 0.717. The van der Waals surface area contributed by atoms with E-state index in [9.17, 15) is 8.42 Å². The molecule has 1 fully saturated rings. The zero-order chi connectivity index (χ0) is 12.2. The minimum absolute atomic E-state index is 0.382. The summed E-state index contributed by atoms with van der Waals surface area (Å²) in [6, 6.07) is 0. The largest absolute Gasteiger partial charge is 0.329 e. The summed E-state index contributed by atoms with van der Waals surface area (Å²) >= 11 is 0. The van der Waals surface area contributed by atoms with E-state index in [1.54, 1.807) is 0 Å². The standard InChI is InChI=1S/C10H23N3O2S/c1-3-13(4-2)16(14,15)12-10(9-11)7-5-6-8-10/h12H,3-9,11H2,1-2H3. The van der Waals surface area contributed by atoms with E-state index >= 15 is 0 Å². The molecule has 96 valence electrons. The molecule has 0 amide bonds. The topological polar surface area (TPSA) is 75.4 Å².